The van der Waals surface area contributed by atoms with Crippen LogP contribution in [0.5, 0.6) is 5.88 Å². The summed E-state index contributed by atoms with van der Waals surface area (Å²) >= 11 is 6.84. The number of rotatable bonds is 3. The van der Waals surface area contributed by atoms with Gasteiger partial charge in [0, 0.05) is 16.2 Å². The van der Waals surface area contributed by atoms with E-state index in [4.69, 9.17) is 11.6 Å². The molecule has 0 aliphatic carbocycles. The molecule has 0 saturated heterocycles. The topological polar surface area (TPSA) is 66.9 Å². The van der Waals surface area contributed by atoms with Gasteiger partial charge in [-0.05, 0) is 30.3 Å². The van der Waals surface area contributed by atoms with Crippen molar-refractivity contribution in [2.75, 3.05) is 0 Å². The molecule has 7 heteroatoms. The molecular weight excluding hydrogens is 370 g/mol. The summed E-state index contributed by atoms with van der Waals surface area (Å²) in [6, 6.07) is 16.3. The molecule has 0 spiro atoms. The Labute approximate surface area is 157 Å². The zero-order chi connectivity index (χ0) is 18.1. The van der Waals surface area contributed by atoms with Crippen LogP contribution >= 0.6 is 22.9 Å². The van der Waals surface area contributed by atoms with Crippen molar-refractivity contribution in [1.82, 2.24) is 4.57 Å². The lowest BCUT2D eigenvalue weighted by atomic mass is 10.0. The highest BCUT2D eigenvalue weighted by Crippen LogP contribution is 2.28. The lowest BCUT2D eigenvalue weighted by Gasteiger charge is -2.04. The summed E-state index contributed by atoms with van der Waals surface area (Å²) in [5.74, 6) is -0.123. The molecule has 2 aromatic carbocycles. The number of halogens is 1. The van der Waals surface area contributed by atoms with Crippen LogP contribution in [0.2, 0.25) is 5.02 Å². The van der Waals surface area contributed by atoms with Crippen molar-refractivity contribution >= 4 is 40.9 Å². The summed E-state index contributed by atoms with van der Waals surface area (Å²) in [5, 5.41) is 19.2. The van der Waals surface area contributed by atoms with Gasteiger partial charge in [0.05, 0.1) is 16.8 Å². The predicted octanol–water partition coefficient (Wildman–Crippen LogP) is 4.13. The monoisotopic (exact) mass is 381 g/mol. The second-order valence-corrected chi connectivity index (χ2v) is 6.96. The number of aromatic hydroxyl groups is 1. The summed E-state index contributed by atoms with van der Waals surface area (Å²) in [6.07, 6.45) is 3.33. The van der Waals surface area contributed by atoms with E-state index >= 15 is 0 Å². The first-order valence-corrected chi connectivity index (χ1v) is 8.92. The van der Waals surface area contributed by atoms with Crippen LogP contribution in [0.3, 0.4) is 0 Å². The third kappa shape index (κ3) is 3.00. The van der Waals surface area contributed by atoms with E-state index in [0.717, 1.165) is 22.5 Å². The minimum atomic E-state index is -0.287. The van der Waals surface area contributed by atoms with E-state index < -0.39 is 0 Å². The molecule has 0 fully saturated rings. The molecule has 0 amide bonds. The minimum absolute atomic E-state index is 0.123. The Bertz CT molecular complexity index is 1110. The van der Waals surface area contributed by atoms with Crippen molar-refractivity contribution < 1.29 is 5.11 Å². The summed E-state index contributed by atoms with van der Waals surface area (Å²) in [4.78, 5) is 12.5. The van der Waals surface area contributed by atoms with Crippen LogP contribution < -0.4 is 4.87 Å². The highest BCUT2D eigenvalue weighted by atomic mass is 35.5. The van der Waals surface area contributed by atoms with Gasteiger partial charge in [-0.1, -0.05) is 53.3 Å². The first-order chi connectivity index (χ1) is 12.6. The van der Waals surface area contributed by atoms with Crippen LogP contribution in [-0.2, 0) is 0 Å². The fraction of sp³-hybridized carbons (Fsp3) is 0. The fourth-order valence-electron chi connectivity index (χ4n) is 2.63. The van der Waals surface area contributed by atoms with Gasteiger partial charge in [-0.15, -0.1) is 5.10 Å². The van der Waals surface area contributed by atoms with E-state index in [2.05, 4.69) is 10.2 Å². The molecule has 0 saturated carbocycles. The number of hydrogen-bond donors (Lipinski definition) is 1. The van der Waals surface area contributed by atoms with Crippen molar-refractivity contribution in [2.45, 2.75) is 0 Å². The van der Waals surface area contributed by atoms with E-state index in [9.17, 15) is 9.90 Å². The van der Waals surface area contributed by atoms with Gasteiger partial charge in [-0.25, -0.2) is 4.57 Å². The molecule has 0 unspecified atom stereocenters. The van der Waals surface area contributed by atoms with E-state index in [0.29, 0.717) is 21.3 Å². The summed E-state index contributed by atoms with van der Waals surface area (Å²) in [5.41, 5.74) is 2.90. The summed E-state index contributed by atoms with van der Waals surface area (Å²) in [6.45, 7) is 0. The van der Waals surface area contributed by atoms with Gasteiger partial charge >= 0.3 is 4.87 Å². The molecule has 5 nitrogen and oxygen atoms in total. The van der Waals surface area contributed by atoms with Gasteiger partial charge < -0.3 is 5.11 Å². The lowest BCUT2D eigenvalue weighted by molar-refractivity contribution is 0.440. The highest BCUT2D eigenvalue weighted by Gasteiger charge is 2.18. The van der Waals surface area contributed by atoms with Gasteiger partial charge in [0.15, 0.2) is 0 Å². The SMILES string of the molecule is O=c1sc(/C=C2/C=NN=C2c2ccccc2)c(O)n1-c1ccc(Cl)cc1. The molecule has 1 aliphatic heterocycles. The first kappa shape index (κ1) is 16.5. The smallest absolute Gasteiger partial charge is 0.315 e. The number of allylic oxidation sites excluding steroid dienone is 1. The van der Waals surface area contributed by atoms with E-state index in [1.165, 1.54) is 4.57 Å². The Morgan fingerprint density at radius 2 is 1.81 bits per heavy atom. The second kappa shape index (κ2) is 6.74. The first-order valence-electron chi connectivity index (χ1n) is 7.73. The average molecular weight is 382 g/mol. The van der Waals surface area contributed by atoms with Crippen LogP contribution in [-0.4, -0.2) is 21.6 Å². The van der Waals surface area contributed by atoms with Crippen LogP contribution in [0.4, 0.5) is 0 Å². The van der Waals surface area contributed by atoms with Gasteiger partial charge in [0.2, 0.25) is 5.88 Å². The van der Waals surface area contributed by atoms with Crippen LogP contribution in [0, 0.1) is 0 Å². The Morgan fingerprint density at radius 1 is 1.08 bits per heavy atom. The van der Waals surface area contributed by atoms with Gasteiger partial charge in [0.25, 0.3) is 0 Å². The minimum Gasteiger partial charge on any atom is -0.493 e. The zero-order valence-corrected chi connectivity index (χ0v) is 14.9. The largest absolute Gasteiger partial charge is 0.493 e. The lowest BCUT2D eigenvalue weighted by Crippen LogP contribution is -2.09. The van der Waals surface area contributed by atoms with Gasteiger partial charge in [-0.2, -0.15) is 5.10 Å². The Kier molecular flexibility index (Phi) is 4.28. The third-order valence-corrected chi connectivity index (χ3v) is 4.99. The maximum Gasteiger partial charge on any atom is 0.315 e. The molecule has 1 N–H and O–H groups in total. The normalized spacial score (nSPS) is 14.8. The molecule has 1 aliphatic rings. The number of thiazole rings is 1. The average Bonchev–Trinajstić information content (AvgIpc) is 3.22. The number of hydrogen-bond acceptors (Lipinski definition) is 5. The maximum absolute atomic E-state index is 12.4. The van der Waals surface area contributed by atoms with E-state index in [1.54, 1.807) is 36.6 Å². The molecule has 26 heavy (non-hydrogen) atoms. The Morgan fingerprint density at radius 3 is 2.54 bits per heavy atom. The molecule has 3 aromatic rings. The molecule has 0 radical (unpaired) electrons. The van der Waals surface area contributed by atoms with Crippen LogP contribution in [0.1, 0.15) is 10.4 Å². The van der Waals surface area contributed by atoms with Gasteiger partial charge in [0.1, 0.15) is 5.71 Å². The maximum atomic E-state index is 12.4. The molecule has 1 aromatic heterocycles. The molecule has 0 atom stereocenters. The van der Waals surface area contributed by atoms with Crippen LogP contribution in [0.25, 0.3) is 11.8 Å². The Hall–Kier alpha value is -2.96. The summed E-state index contributed by atoms with van der Waals surface area (Å²) < 4.78 is 1.25. The van der Waals surface area contributed by atoms with Gasteiger partial charge in [-0.3, -0.25) is 4.79 Å². The van der Waals surface area contributed by atoms with Crippen molar-refractivity contribution in [2.24, 2.45) is 10.2 Å². The molecule has 128 valence electrons. The molecule has 2 heterocycles. The number of benzene rings is 2. The molecule has 4 rings (SSSR count). The van der Waals surface area contributed by atoms with Crippen molar-refractivity contribution in [3.63, 3.8) is 0 Å². The Balaban J connectivity index is 1.76. The van der Waals surface area contributed by atoms with E-state index in [-0.39, 0.29) is 10.8 Å². The third-order valence-electron chi connectivity index (χ3n) is 3.86. The zero-order valence-electron chi connectivity index (χ0n) is 13.3. The fourth-order valence-corrected chi connectivity index (χ4v) is 3.59. The predicted molar refractivity (Wildman–Crippen MR) is 106 cm³/mol. The number of aromatic nitrogens is 1. The highest BCUT2D eigenvalue weighted by molar-refractivity contribution is 7.10. The van der Waals surface area contributed by atoms with E-state index in [1.807, 2.05) is 30.3 Å². The standard InChI is InChI=1S/C19H12ClN3O2S/c20-14-6-8-15(9-7-14)23-18(24)16(26-19(23)25)10-13-11-21-22-17(13)12-4-2-1-3-5-12/h1-11,24H/b13-10-. The second-order valence-electron chi connectivity index (χ2n) is 5.53. The van der Waals surface area contributed by atoms with Crippen molar-refractivity contribution in [1.29, 1.82) is 0 Å². The van der Waals surface area contributed by atoms with Crippen molar-refractivity contribution in [3.8, 4) is 11.6 Å². The quantitative estimate of drug-likeness (QED) is 0.741. The summed E-state index contributed by atoms with van der Waals surface area (Å²) in [7, 11) is 0. The molecular formula is C19H12ClN3O2S. The van der Waals surface area contributed by atoms with Crippen molar-refractivity contribution in [3.05, 3.63) is 85.3 Å². The molecule has 0 bridgehead atoms. The van der Waals surface area contributed by atoms with Crippen LogP contribution in [0.15, 0.2) is 75.2 Å². The number of nitrogens with zero attached hydrogens (tertiary/aromatic N) is 3.